The number of rotatable bonds is 4. The van der Waals surface area contributed by atoms with Gasteiger partial charge in [-0.2, -0.15) is 10.5 Å². The van der Waals surface area contributed by atoms with E-state index in [0.29, 0.717) is 11.1 Å². The summed E-state index contributed by atoms with van der Waals surface area (Å²) in [7, 11) is -3.55. The van der Waals surface area contributed by atoms with Crippen LogP contribution >= 0.6 is 0 Å². The fourth-order valence-electron chi connectivity index (χ4n) is 1.15. The molecular formula is C10H9N3O2S. The van der Waals surface area contributed by atoms with E-state index in [1.165, 1.54) is 0 Å². The minimum Gasteiger partial charge on any atom is -0.212 e. The zero-order valence-electron chi connectivity index (χ0n) is 8.34. The van der Waals surface area contributed by atoms with Gasteiger partial charge in [-0.05, 0) is 11.6 Å². The summed E-state index contributed by atoms with van der Waals surface area (Å²) in [5, 5.41) is 17.0. The lowest BCUT2D eigenvalue weighted by Crippen LogP contribution is -2.25. The van der Waals surface area contributed by atoms with Gasteiger partial charge in [0.05, 0.1) is 30.0 Å². The van der Waals surface area contributed by atoms with Crippen LogP contribution in [0.25, 0.3) is 0 Å². The SMILES string of the molecule is N#CCNS(=O)(=O)Cc1ccccc1C#N. The minimum atomic E-state index is -3.55. The molecule has 1 N–H and O–H groups in total. The van der Waals surface area contributed by atoms with Crippen LogP contribution in [-0.4, -0.2) is 15.0 Å². The van der Waals surface area contributed by atoms with Gasteiger partial charge in [-0.3, -0.25) is 0 Å². The fourth-order valence-corrected chi connectivity index (χ4v) is 2.20. The molecule has 82 valence electrons. The van der Waals surface area contributed by atoms with Gasteiger partial charge in [-0.25, -0.2) is 13.1 Å². The fraction of sp³-hybridized carbons (Fsp3) is 0.200. The first-order chi connectivity index (χ1) is 7.59. The third kappa shape index (κ3) is 3.35. The van der Waals surface area contributed by atoms with Crippen LogP contribution in [0.2, 0.25) is 0 Å². The van der Waals surface area contributed by atoms with E-state index in [1.54, 1.807) is 30.3 Å². The van der Waals surface area contributed by atoms with E-state index in [0.717, 1.165) is 0 Å². The molecule has 0 aromatic heterocycles. The number of sulfonamides is 1. The van der Waals surface area contributed by atoms with Crippen molar-refractivity contribution in [1.82, 2.24) is 4.72 Å². The third-order valence-electron chi connectivity index (χ3n) is 1.85. The molecule has 0 atom stereocenters. The molecule has 16 heavy (non-hydrogen) atoms. The molecule has 0 saturated heterocycles. The lowest BCUT2D eigenvalue weighted by molar-refractivity contribution is 0.585. The highest BCUT2D eigenvalue weighted by Crippen LogP contribution is 2.10. The number of nitrogens with zero attached hydrogens (tertiary/aromatic N) is 2. The second kappa shape index (κ2) is 5.26. The second-order valence-corrected chi connectivity index (χ2v) is 4.81. The summed E-state index contributed by atoms with van der Waals surface area (Å²) in [6.07, 6.45) is 0. The molecule has 0 spiro atoms. The predicted molar refractivity (Wildman–Crippen MR) is 57.4 cm³/mol. The van der Waals surface area contributed by atoms with E-state index in [-0.39, 0.29) is 12.3 Å². The highest BCUT2D eigenvalue weighted by molar-refractivity contribution is 7.88. The van der Waals surface area contributed by atoms with E-state index in [1.807, 2.05) is 6.07 Å². The summed E-state index contributed by atoms with van der Waals surface area (Å²) >= 11 is 0. The topological polar surface area (TPSA) is 93.8 Å². The molecule has 1 aromatic carbocycles. The van der Waals surface area contributed by atoms with Gasteiger partial charge >= 0.3 is 0 Å². The Bertz CT molecular complexity index is 552. The molecule has 5 nitrogen and oxygen atoms in total. The Balaban J connectivity index is 2.90. The van der Waals surface area contributed by atoms with Crippen LogP contribution in [0.3, 0.4) is 0 Å². The summed E-state index contributed by atoms with van der Waals surface area (Å²) in [4.78, 5) is 0. The molecule has 6 heteroatoms. The second-order valence-electron chi connectivity index (χ2n) is 3.01. The number of hydrogen-bond acceptors (Lipinski definition) is 4. The van der Waals surface area contributed by atoms with Crippen molar-refractivity contribution in [3.8, 4) is 12.1 Å². The van der Waals surface area contributed by atoms with Crippen LogP contribution in [0.1, 0.15) is 11.1 Å². The Morgan fingerprint density at radius 3 is 2.56 bits per heavy atom. The molecule has 0 heterocycles. The molecule has 0 saturated carbocycles. The monoisotopic (exact) mass is 235 g/mol. The molecule has 1 aromatic rings. The maximum absolute atomic E-state index is 11.5. The van der Waals surface area contributed by atoms with Crippen LogP contribution in [0.4, 0.5) is 0 Å². The summed E-state index contributed by atoms with van der Waals surface area (Å²) in [6, 6.07) is 10.1. The Morgan fingerprint density at radius 1 is 1.25 bits per heavy atom. The van der Waals surface area contributed by atoms with Gasteiger partial charge < -0.3 is 0 Å². The van der Waals surface area contributed by atoms with Crippen molar-refractivity contribution in [2.75, 3.05) is 6.54 Å². The maximum Gasteiger partial charge on any atom is 0.216 e. The number of nitrogens with one attached hydrogen (secondary N) is 1. The molecule has 0 aliphatic heterocycles. The first-order valence-electron chi connectivity index (χ1n) is 4.41. The molecule has 0 aliphatic carbocycles. The molecule has 0 fully saturated rings. The van der Waals surface area contributed by atoms with Crippen LogP contribution < -0.4 is 4.72 Å². The van der Waals surface area contributed by atoms with Crippen molar-refractivity contribution < 1.29 is 8.42 Å². The van der Waals surface area contributed by atoms with Gasteiger partial charge in [0.15, 0.2) is 0 Å². The Morgan fingerprint density at radius 2 is 1.94 bits per heavy atom. The molecule has 0 unspecified atom stereocenters. The van der Waals surface area contributed by atoms with E-state index in [2.05, 4.69) is 4.72 Å². The first kappa shape index (κ1) is 12.2. The standard InChI is InChI=1S/C10H9N3O2S/c11-5-6-13-16(14,15)8-10-4-2-1-3-9(10)7-12/h1-4,13H,6,8H2. The van der Waals surface area contributed by atoms with Crippen LogP contribution in [0.5, 0.6) is 0 Å². The zero-order chi connectivity index (χ0) is 12.0. The summed E-state index contributed by atoms with van der Waals surface area (Å²) < 4.78 is 25.0. The Labute approximate surface area is 94.0 Å². The number of benzene rings is 1. The van der Waals surface area contributed by atoms with Gasteiger partial charge in [0.1, 0.15) is 0 Å². The van der Waals surface area contributed by atoms with Gasteiger partial charge in [0, 0.05) is 0 Å². The number of hydrogen-bond donors (Lipinski definition) is 1. The maximum atomic E-state index is 11.5. The first-order valence-corrected chi connectivity index (χ1v) is 6.06. The van der Waals surface area contributed by atoms with Crippen molar-refractivity contribution in [3.05, 3.63) is 35.4 Å². The van der Waals surface area contributed by atoms with Gasteiger partial charge in [-0.1, -0.05) is 18.2 Å². The van der Waals surface area contributed by atoms with Crippen molar-refractivity contribution in [3.63, 3.8) is 0 Å². The quantitative estimate of drug-likeness (QED) is 0.769. The van der Waals surface area contributed by atoms with Crippen LogP contribution in [0.15, 0.2) is 24.3 Å². The summed E-state index contributed by atoms with van der Waals surface area (Å²) in [6.45, 7) is -0.267. The molecule has 0 bridgehead atoms. The Kier molecular flexibility index (Phi) is 4.01. The van der Waals surface area contributed by atoms with Crippen molar-refractivity contribution in [2.45, 2.75) is 5.75 Å². The van der Waals surface area contributed by atoms with Crippen LogP contribution in [-0.2, 0) is 15.8 Å². The number of nitriles is 2. The van der Waals surface area contributed by atoms with Gasteiger partial charge in [0.2, 0.25) is 10.0 Å². The smallest absolute Gasteiger partial charge is 0.212 e. The van der Waals surface area contributed by atoms with Crippen LogP contribution in [0, 0.1) is 22.7 Å². The average Bonchev–Trinajstić information content (AvgIpc) is 2.27. The molecule has 0 amide bonds. The molecule has 0 aliphatic rings. The van der Waals surface area contributed by atoms with E-state index >= 15 is 0 Å². The summed E-state index contributed by atoms with van der Waals surface area (Å²) in [5.41, 5.74) is 0.750. The van der Waals surface area contributed by atoms with Crippen molar-refractivity contribution in [2.24, 2.45) is 0 Å². The zero-order valence-corrected chi connectivity index (χ0v) is 9.16. The van der Waals surface area contributed by atoms with E-state index in [9.17, 15) is 8.42 Å². The Hall–Kier alpha value is -1.89. The summed E-state index contributed by atoms with van der Waals surface area (Å²) in [5.74, 6) is -0.293. The highest BCUT2D eigenvalue weighted by Gasteiger charge is 2.13. The molecular weight excluding hydrogens is 226 g/mol. The average molecular weight is 235 g/mol. The third-order valence-corrected chi connectivity index (χ3v) is 3.13. The van der Waals surface area contributed by atoms with Crippen molar-refractivity contribution >= 4 is 10.0 Å². The highest BCUT2D eigenvalue weighted by atomic mass is 32.2. The van der Waals surface area contributed by atoms with Crippen molar-refractivity contribution in [1.29, 1.82) is 10.5 Å². The normalized spacial score (nSPS) is 10.4. The lowest BCUT2D eigenvalue weighted by Gasteiger charge is -2.04. The molecule has 0 radical (unpaired) electrons. The predicted octanol–water partition coefficient (Wildman–Crippen LogP) is 0.501. The van der Waals surface area contributed by atoms with Gasteiger partial charge in [0.25, 0.3) is 0 Å². The largest absolute Gasteiger partial charge is 0.216 e. The minimum absolute atomic E-state index is 0.267. The van der Waals surface area contributed by atoms with E-state index < -0.39 is 10.0 Å². The van der Waals surface area contributed by atoms with E-state index in [4.69, 9.17) is 10.5 Å². The molecule has 1 rings (SSSR count). The lowest BCUT2D eigenvalue weighted by atomic mass is 10.1. The van der Waals surface area contributed by atoms with Gasteiger partial charge in [-0.15, -0.1) is 0 Å².